The van der Waals surface area contributed by atoms with Gasteiger partial charge in [-0.15, -0.1) is 0 Å². The Bertz CT molecular complexity index is 1210. The molecule has 0 aromatic heterocycles. The Labute approximate surface area is 206 Å². The fraction of sp³-hybridized carbons (Fsp3) is 0.357. The third kappa shape index (κ3) is 5.53. The van der Waals surface area contributed by atoms with Crippen LogP contribution in [0.4, 0.5) is 32.0 Å². The molecule has 3 aromatic carbocycles. The summed E-state index contributed by atoms with van der Waals surface area (Å²) in [6, 6.07) is 13.3. The van der Waals surface area contributed by atoms with Crippen LogP contribution in [-0.4, -0.2) is 18.0 Å². The summed E-state index contributed by atoms with van der Waals surface area (Å²) in [7, 11) is 1.93. The van der Waals surface area contributed by atoms with E-state index in [1.807, 2.05) is 7.05 Å². The van der Waals surface area contributed by atoms with Crippen LogP contribution < -0.4 is 5.73 Å². The highest BCUT2D eigenvalue weighted by molar-refractivity contribution is 5.86. The SMILES string of the molecule is CN(Cc1cc(-c2ccccc2C(F)(F)F)cc(-c2ccccc2C(F)(F)F)c1N)C1CCCCC1. The molecule has 2 N–H and O–H groups in total. The lowest BCUT2D eigenvalue weighted by molar-refractivity contribution is -0.137. The van der Waals surface area contributed by atoms with E-state index in [4.69, 9.17) is 5.73 Å². The van der Waals surface area contributed by atoms with Crippen molar-refractivity contribution in [2.75, 3.05) is 12.8 Å². The van der Waals surface area contributed by atoms with E-state index in [2.05, 4.69) is 4.90 Å². The highest BCUT2D eigenvalue weighted by Crippen LogP contribution is 2.44. The monoisotopic (exact) mass is 506 g/mol. The summed E-state index contributed by atoms with van der Waals surface area (Å²) in [5.74, 6) is 0. The van der Waals surface area contributed by atoms with Crippen molar-refractivity contribution in [2.45, 2.75) is 57.0 Å². The quantitative estimate of drug-likeness (QED) is 0.278. The van der Waals surface area contributed by atoms with Gasteiger partial charge in [-0.1, -0.05) is 55.7 Å². The van der Waals surface area contributed by atoms with Gasteiger partial charge in [-0.25, -0.2) is 0 Å². The molecule has 3 aromatic rings. The summed E-state index contributed by atoms with van der Waals surface area (Å²) in [5, 5.41) is 0. The minimum atomic E-state index is -4.65. The van der Waals surface area contributed by atoms with E-state index < -0.39 is 23.5 Å². The second-order valence-corrected chi connectivity index (χ2v) is 9.39. The highest BCUT2D eigenvalue weighted by atomic mass is 19.4. The lowest BCUT2D eigenvalue weighted by atomic mass is 9.89. The van der Waals surface area contributed by atoms with Gasteiger partial charge in [0.05, 0.1) is 11.1 Å². The molecule has 0 bridgehead atoms. The first kappa shape index (κ1) is 26.1. The van der Waals surface area contributed by atoms with Crippen LogP contribution in [0.3, 0.4) is 0 Å². The number of benzene rings is 3. The van der Waals surface area contributed by atoms with Gasteiger partial charge in [-0.2, -0.15) is 26.3 Å². The second-order valence-electron chi connectivity index (χ2n) is 9.39. The fourth-order valence-corrected chi connectivity index (χ4v) is 5.09. The van der Waals surface area contributed by atoms with Gasteiger partial charge in [0.15, 0.2) is 0 Å². The summed E-state index contributed by atoms with van der Waals surface area (Å²) in [6.45, 7) is 0.319. The molecule has 4 rings (SSSR count). The molecule has 0 aliphatic heterocycles. The predicted octanol–water partition coefficient (Wildman–Crippen LogP) is 8.40. The van der Waals surface area contributed by atoms with Crippen LogP contribution in [0, 0.1) is 0 Å². The molecule has 2 nitrogen and oxygen atoms in total. The van der Waals surface area contributed by atoms with Crippen LogP contribution in [0.5, 0.6) is 0 Å². The average molecular weight is 507 g/mol. The van der Waals surface area contributed by atoms with E-state index in [9.17, 15) is 26.3 Å². The number of nitrogen functional groups attached to an aromatic ring is 1. The zero-order chi connectivity index (χ0) is 26.1. The van der Waals surface area contributed by atoms with Crippen molar-refractivity contribution >= 4 is 5.69 Å². The van der Waals surface area contributed by atoms with Gasteiger partial charge in [-0.3, -0.25) is 4.90 Å². The maximum atomic E-state index is 13.9. The van der Waals surface area contributed by atoms with Crippen molar-refractivity contribution in [1.82, 2.24) is 4.90 Å². The van der Waals surface area contributed by atoms with Gasteiger partial charge in [0.2, 0.25) is 0 Å². The molecular formula is C28H28F6N2. The van der Waals surface area contributed by atoms with Gasteiger partial charge in [0, 0.05) is 23.8 Å². The molecule has 1 fully saturated rings. The van der Waals surface area contributed by atoms with Crippen LogP contribution in [-0.2, 0) is 18.9 Å². The largest absolute Gasteiger partial charge is 0.417 e. The molecule has 0 atom stereocenters. The summed E-state index contributed by atoms with van der Waals surface area (Å²) < 4.78 is 83.1. The number of hydrogen-bond donors (Lipinski definition) is 1. The second kappa shape index (κ2) is 10.2. The zero-order valence-electron chi connectivity index (χ0n) is 19.9. The van der Waals surface area contributed by atoms with Gasteiger partial charge in [0.1, 0.15) is 0 Å². The number of hydrogen-bond acceptors (Lipinski definition) is 2. The number of nitrogens with zero attached hydrogens (tertiary/aromatic N) is 1. The highest BCUT2D eigenvalue weighted by Gasteiger charge is 2.35. The smallest absolute Gasteiger partial charge is 0.398 e. The lowest BCUT2D eigenvalue weighted by Gasteiger charge is -2.32. The zero-order valence-corrected chi connectivity index (χ0v) is 19.9. The van der Waals surface area contributed by atoms with Crippen molar-refractivity contribution in [1.29, 1.82) is 0 Å². The molecule has 0 radical (unpaired) electrons. The van der Waals surface area contributed by atoms with E-state index in [0.717, 1.165) is 44.2 Å². The van der Waals surface area contributed by atoms with Crippen molar-refractivity contribution in [3.05, 3.63) is 77.4 Å². The summed E-state index contributed by atoms with van der Waals surface area (Å²) in [4.78, 5) is 2.10. The van der Waals surface area contributed by atoms with E-state index in [1.165, 1.54) is 42.5 Å². The fourth-order valence-electron chi connectivity index (χ4n) is 5.09. The van der Waals surface area contributed by atoms with Crippen LogP contribution in [0.1, 0.15) is 48.8 Å². The Hall–Kier alpha value is -3.00. The Morgan fingerprint density at radius 1 is 0.750 bits per heavy atom. The molecule has 36 heavy (non-hydrogen) atoms. The van der Waals surface area contributed by atoms with Crippen LogP contribution in [0.15, 0.2) is 60.7 Å². The van der Waals surface area contributed by atoms with E-state index >= 15 is 0 Å². The number of rotatable bonds is 5. The Morgan fingerprint density at radius 2 is 1.28 bits per heavy atom. The molecule has 1 saturated carbocycles. The first-order valence-corrected chi connectivity index (χ1v) is 11.9. The van der Waals surface area contributed by atoms with Crippen molar-refractivity contribution < 1.29 is 26.3 Å². The van der Waals surface area contributed by atoms with Crippen LogP contribution in [0.2, 0.25) is 0 Å². The average Bonchev–Trinajstić information content (AvgIpc) is 2.84. The molecule has 0 spiro atoms. The molecule has 192 valence electrons. The summed E-state index contributed by atoms with van der Waals surface area (Å²) in [5.41, 5.74) is 5.36. The minimum absolute atomic E-state index is 0.0736. The maximum Gasteiger partial charge on any atom is 0.417 e. The summed E-state index contributed by atoms with van der Waals surface area (Å²) in [6.07, 6.45) is -3.94. The van der Waals surface area contributed by atoms with Gasteiger partial charge < -0.3 is 5.73 Å². The molecule has 8 heteroatoms. The van der Waals surface area contributed by atoms with Gasteiger partial charge in [0.25, 0.3) is 0 Å². The molecule has 0 saturated heterocycles. The normalized spacial score (nSPS) is 15.4. The number of nitrogens with two attached hydrogens (primary N) is 1. The Balaban J connectivity index is 1.91. The van der Waals surface area contributed by atoms with Crippen molar-refractivity contribution in [2.24, 2.45) is 0 Å². The topological polar surface area (TPSA) is 29.3 Å². The maximum absolute atomic E-state index is 13.9. The molecule has 1 aliphatic rings. The molecule has 0 unspecified atom stereocenters. The first-order valence-electron chi connectivity index (χ1n) is 11.9. The van der Waals surface area contributed by atoms with Crippen LogP contribution in [0.25, 0.3) is 22.3 Å². The van der Waals surface area contributed by atoms with E-state index in [0.29, 0.717) is 12.1 Å². The number of halogens is 6. The molecule has 1 aliphatic carbocycles. The van der Waals surface area contributed by atoms with Gasteiger partial charge >= 0.3 is 12.4 Å². The number of anilines is 1. The number of alkyl halides is 6. The first-order chi connectivity index (χ1) is 17.0. The minimum Gasteiger partial charge on any atom is -0.398 e. The third-order valence-corrected chi connectivity index (χ3v) is 6.95. The van der Waals surface area contributed by atoms with Gasteiger partial charge in [-0.05, 0) is 66.4 Å². The van der Waals surface area contributed by atoms with E-state index in [1.54, 1.807) is 6.07 Å². The molecular weight excluding hydrogens is 478 g/mol. The van der Waals surface area contributed by atoms with Crippen molar-refractivity contribution in [3.8, 4) is 22.3 Å². The lowest BCUT2D eigenvalue weighted by Crippen LogP contribution is -2.33. The standard InChI is InChI=1S/C28H28F6N2/c1-36(20-9-3-2-4-10-20)17-19-15-18(21-11-5-7-13-24(21)27(29,30)31)16-23(26(19)35)22-12-6-8-14-25(22)28(32,33)34/h5-8,11-16,20H,2-4,9-10,17,35H2,1H3. The molecule has 0 heterocycles. The van der Waals surface area contributed by atoms with Crippen molar-refractivity contribution in [3.63, 3.8) is 0 Å². The van der Waals surface area contributed by atoms with E-state index in [-0.39, 0.29) is 34.0 Å². The third-order valence-electron chi connectivity index (χ3n) is 6.95. The predicted molar refractivity (Wildman–Crippen MR) is 130 cm³/mol. The van der Waals surface area contributed by atoms with Crippen LogP contribution >= 0.6 is 0 Å². The summed E-state index contributed by atoms with van der Waals surface area (Å²) >= 11 is 0. The molecule has 0 amide bonds. The Morgan fingerprint density at radius 3 is 1.86 bits per heavy atom. The Kier molecular flexibility index (Phi) is 7.36.